The molecule has 2 N–H and O–H groups in total. The summed E-state index contributed by atoms with van der Waals surface area (Å²) in [6.45, 7) is 2.29. The van der Waals surface area contributed by atoms with Crippen molar-refractivity contribution in [2.45, 2.75) is 12.8 Å². The number of rotatable bonds is 1. The van der Waals surface area contributed by atoms with E-state index >= 15 is 0 Å². The molecule has 0 amide bonds. The Balaban J connectivity index is 1.85. The van der Waals surface area contributed by atoms with Crippen LogP contribution in [0.4, 0.5) is 5.69 Å². The highest BCUT2D eigenvalue weighted by atomic mass is 14.5. The third-order valence-corrected chi connectivity index (χ3v) is 4.48. The summed E-state index contributed by atoms with van der Waals surface area (Å²) in [6, 6.07) is 23.6. The Labute approximate surface area is 125 Å². The lowest BCUT2D eigenvalue weighted by Gasteiger charge is -2.09. The smallest absolute Gasteiger partial charge is 0.0314 e. The molecular weight excluding hydrogens is 254 g/mol. The number of benzene rings is 3. The monoisotopic (exact) mass is 271 g/mol. The summed E-state index contributed by atoms with van der Waals surface area (Å²) < 4.78 is 0. The SMILES string of the molecule is CC1c2ccccc2-c2ccc(-c3ccc(N)cc3)cc21. The van der Waals surface area contributed by atoms with Crippen molar-refractivity contribution >= 4 is 5.69 Å². The predicted octanol–water partition coefficient (Wildman–Crippen LogP) is 5.07. The summed E-state index contributed by atoms with van der Waals surface area (Å²) in [5, 5.41) is 0. The zero-order valence-corrected chi connectivity index (χ0v) is 12.0. The van der Waals surface area contributed by atoms with E-state index in [1.54, 1.807) is 0 Å². The number of hydrogen-bond acceptors (Lipinski definition) is 1. The van der Waals surface area contributed by atoms with Gasteiger partial charge >= 0.3 is 0 Å². The average Bonchev–Trinajstić information content (AvgIpc) is 2.81. The number of fused-ring (bicyclic) bond motifs is 3. The van der Waals surface area contributed by atoms with Gasteiger partial charge in [-0.25, -0.2) is 0 Å². The van der Waals surface area contributed by atoms with E-state index in [1.807, 2.05) is 12.1 Å². The lowest BCUT2D eigenvalue weighted by molar-refractivity contribution is 0.957. The van der Waals surface area contributed by atoms with Crippen LogP contribution in [-0.4, -0.2) is 0 Å². The molecule has 0 radical (unpaired) electrons. The van der Waals surface area contributed by atoms with Crippen molar-refractivity contribution in [1.29, 1.82) is 0 Å². The second-order valence-corrected chi connectivity index (χ2v) is 5.73. The average molecular weight is 271 g/mol. The normalized spacial score (nSPS) is 15.6. The van der Waals surface area contributed by atoms with Gasteiger partial charge in [-0.3, -0.25) is 0 Å². The van der Waals surface area contributed by atoms with Gasteiger partial charge in [0.15, 0.2) is 0 Å². The molecule has 0 saturated carbocycles. The van der Waals surface area contributed by atoms with Gasteiger partial charge in [-0.05, 0) is 51.6 Å². The van der Waals surface area contributed by atoms with Gasteiger partial charge in [0, 0.05) is 11.6 Å². The van der Waals surface area contributed by atoms with Crippen LogP contribution in [0.2, 0.25) is 0 Å². The lowest BCUT2D eigenvalue weighted by atomic mass is 9.95. The molecule has 0 aliphatic heterocycles. The highest BCUT2D eigenvalue weighted by molar-refractivity contribution is 5.82. The highest BCUT2D eigenvalue weighted by Gasteiger charge is 2.24. The summed E-state index contributed by atoms with van der Waals surface area (Å²) >= 11 is 0. The molecule has 0 spiro atoms. The van der Waals surface area contributed by atoms with Crippen molar-refractivity contribution in [2.24, 2.45) is 0 Å². The largest absolute Gasteiger partial charge is 0.399 e. The first-order valence-corrected chi connectivity index (χ1v) is 7.33. The minimum absolute atomic E-state index is 0.463. The Morgan fingerprint density at radius 3 is 2.19 bits per heavy atom. The zero-order valence-electron chi connectivity index (χ0n) is 12.0. The summed E-state index contributed by atoms with van der Waals surface area (Å²) in [5.74, 6) is 0.463. The molecule has 1 aliphatic carbocycles. The van der Waals surface area contributed by atoms with Crippen LogP contribution in [-0.2, 0) is 0 Å². The van der Waals surface area contributed by atoms with Crippen molar-refractivity contribution < 1.29 is 0 Å². The van der Waals surface area contributed by atoms with Gasteiger partial charge in [0.2, 0.25) is 0 Å². The standard InChI is InChI=1S/C20H17N/c1-13-17-4-2-3-5-18(17)19-11-8-15(12-20(13)19)14-6-9-16(21)10-7-14/h2-13H,21H2,1H3. The predicted molar refractivity (Wildman–Crippen MR) is 89.2 cm³/mol. The fourth-order valence-electron chi connectivity index (χ4n) is 3.31. The molecule has 0 bridgehead atoms. The zero-order chi connectivity index (χ0) is 14.4. The molecule has 21 heavy (non-hydrogen) atoms. The van der Waals surface area contributed by atoms with Crippen molar-refractivity contribution in [3.05, 3.63) is 77.9 Å². The molecule has 1 nitrogen and oxygen atoms in total. The van der Waals surface area contributed by atoms with Gasteiger partial charge in [0.05, 0.1) is 0 Å². The first-order valence-electron chi connectivity index (χ1n) is 7.33. The molecular formula is C20H17N. The molecule has 1 aliphatic rings. The number of anilines is 1. The third-order valence-electron chi connectivity index (χ3n) is 4.48. The van der Waals surface area contributed by atoms with E-state index in [0.717, 1.165) is 5.69 Å². The van der Waals surface area contributed by atoms with Crippen LogP contribution >= 0.6 is 0 Å². The second kappa shape index (κ2) is 4.49. The van der Waals surface area contributed by atoms with Crippen LogP contribution < -0.4 is 5.73 Å². The molecule has 4 rings (SSSR count). The van der Waals surface area contributed by atoms with Crippen LogP contribution in [0, 0.1) is 0 Å². The summed E-state index contributed by atoms with van der Waals surface area (Å²) in [7, 11) is 0. The van der Waals surface area contributed by atoms with E-state index in [2.05, 4.69) is 61.5 Å². The van der Waals surface area contributed by atoms with Gasteiger partial charge in [0.1, 0.15) is 0 Å². The Bertz CT molecular complexity index is 815. The van der Waals surface area contributed by atoms with Gasteiger partial charge in [-0.2, -0.15) is 0 Å². The molecule has 0 heterocycles. The molecule has 102 valence electrons. The molecule has 0 saturated heterocycles. The fourth-order valence-corrected chi connectivity index (χ4v) is 3.31. The highest BCUT2D eigenvalue weighted by Crippen LogP contribution is 2.45. The van der Waals surface area contributed by atoms with Crippen LogP contribution in [0.5, 0.6) is 0 Å². The van der Waals surface area contributed by atoms with Crippen LogP contribution in [0.1, 0.15) is 24.0 Å². The number of nitrogens with two attached hydrogens (primary N) is 1. The second-order valence-electron chi connectivity index (χ2n) is 5.73. The fraction of sp³-hybridized carbons (Fsp3) is 0.100. The third kappa shape index (κ3) is 1.85. The minimum Gasteiger partial charge on any atom is -0.399 e. The van der Waals surface area contributed by atoms with Crippen molar-refractivity contribution in [3.8, 4) is 22.3 Å². The summed E-state index contributed by atoms with van der Waals surface area (Å²) in [5.41, 5.74) is 14.7. The first-order chi connectivity index (χ1) is 10.2. The molecule has 3 aromatic carbocycles. The van der Waals surface area contributed by atoms with Gasteiger partial charge in [-0.15, -0.1) is 0 Å². The lowest BCUT2D eigenvalue weighted by Crippen LogP contribution is -1.90. The number of hydrogen-bond donors (Lipinski definition) is 1. The quantitative estimate of drug-likeness (QED) is 0.614. The maximum atomic E-state index is 5.77. The van der Waals surface area contributed by atoms with Crippen LogP contribution in [0.15, 0.2) is 66.7 Å². The van der Waals surface area contributed by atoms with Gasteiger partial charge in [-0.1, -0.05) is 55.5 Å². The topological polar surface area (TPSA) is 26.0 Å². The molecule has 1 unspecified atom stereocenters. The Morgan fingerprint density at radius 1 is 0.714 bits per heavy atom. The molecule has 0 aromatic heterocycles. The molecule has 3 aromatic rings. The Kier molecular flexibility index (Phi) is 2.61. The van der Waals surface area contributed by atoms with Crippen molar-refractivity contribution in [3.63, 3.8) is 0 Å². The van der Waals surface area contributed by atoms with Crippen LogP contribution in [0.25, 0.3) is 22.3 Å². The van der Waals surface area contributed by atoms with Crippen molar-refractivity contribution in [1.82, 2.24) is 0 Å². The van der Waals surface area contributed by atoms with E-state index in [9.17, 15) is 0 Å². The Hall–Kier alpha value is -2.54. The van der Waals surface area contributed by atoms with E-state index in [0.29, 0.717) is 5.92 Å². The molecule has 1 heteroatoms. The van der Waals surface area contributed by atoms with E-state index in [4.69, 9.17) is 5.73 Å². The summed E-state index contributed by atoms with van der Waals surface area (Å²) in [4.78, 5) is 0. The van der Waals surface area contributed by atoms with Crippen molar-refractivity contribution in [2.75, 3.05) is 5.73 Å². The van der Waals surface area contributed by atoms with E-state index < -0.39 is 0 Å². The van der Waals surface area contributed by atoms with Crippen LogP contribution in [0.3, 0.4) is 0 Å². The minimum atomic E-state index is 0.463. The molecule has 1 atom stereocenters. The van der Waals surface area contributed by atoms with Gasteiger partial charge < -0.3 is 5.73 Å². The summed E-state index contributed by atoms with van der Waals surface area (Å²) in [6.07, 6.45) is 0. The maximum Gasteiger partial charge on any atom is 0.0314 e. The van der Waals surface area contributed by atoms with E-state index in [1.165, 1.54) is 33.4 Å². The maximum absolute atomic E-state index is 5.77. The van der Waals surface area contributed by atoms with E-state index in [-0.39, 0.29) is 0 Å². The number of nitrogen functional groups attached to an aromatic ring is 1. The Morgan fingerprint density at radius 2 is 1.38 bits per heavy atom. The molecule has 0 fully saturated rings. The van der Waals surface area contributed by atoms with Gasteiger partial charge in [0.25, 0.3) is 0 Å². The first kappa shape index (κ1) is 12.2.